The van der Waals surface area contributed by atoms with Gasteiger partial charge in [-0.1, -0.05) is 30.3 Å². The van der Waals surface area contributed by atoms with Gasteiger partial charge < -0.3 is 10.5 Å². The van der Waals surface area contributed by atoms with Crippen LogP contribution in [0.15, 0.2) is 48.5 Å². The van der Waals surface area contributed by atoms with Gasteiger partial charge in [-0.15, -0.1) is 12.4 Å². The maximum absolute atomic E-state index is 13.4. The van der Waals surface area contributed by atoms with E-state index in [0.717, 1.165) is 5.56 Å². The van der Waals surface area contributed by atoms with Gasteiger partial charge in [-0.25, -0.2) is 4.39 Å². The number of ether oxygens (including phenoxy) is 1. The molecule has 0 saturated heterocycles. The van der Waals surface area contributed by atoms with E-state index < -0.39 is 0 Å². The van der Waals surface area contributed by atoms with Gasteiger partial charge in [-0.3, -0.25) is 0 Å². The highest BCUT2D eigenvalue weighted by molar-refractivity contribution is 5.85. The van der Waals surface area contributed by atoms with Crippen molar-refractivity contribution in [3.63, 3.8) is 0 Å². The van der Waals surface area contributed by atoms with Crippen molar-refractivity contribution < 1.29 is 9.13 Å². The molecule has 0 saturated carbocycles. The summed E-state index contributed by atoms with van der Waals surface area (Å²) in [6, 6.07) is 13.6. The Morgan fingerprint density at radius 1 is 0.941 bits per heavy atom. The van der Waals surface area contributed by atoms with Crippen LogP contribution in [0.3, 0.4) is 0 Å². The number of para-hydroxylation sites is 2. The summed E-state index contributed by atoms with van der Waals surface area (Å²) in [6.45, 7) is 0.366. The fourth-order valence-corrected chi connectivity index (χ4v) is 1.42. The molecule has 2 aromatic carbocycles. The van der Waals surface area contributed by atoms with Crippen molar-refractivity contribution in [2.75, 3.05) is 0 Å². The van der Waals surface area contributed by atoms with Crippen LogP contribution in [0.5, 0.6) is 11.5 Å². The van der Waals surface area contributed by atoms with Crippen LogP contribution in [0, 0.1) is 5.82 Å². The number of hydrogen-bond acceptors (Lipinski definition) is 2. The Kier molecular flexibility index (Phi) is 4.94. The maximum atomic E-state index is 13.4. The highest BCUT2D eigenvalue weighted by Crippen LogP contribution is 2.26. The van der Waals surface area contributed by atoms with E-state index in [1.54, 1.807) is 24.3 Å². The largest absolute Gasteiger partial charge is 0.454 e. The molecule has 90 valence electrons. The molecule has 0 heterocycles. The Labute approximate surface area is 106 Å². The smallest absolute Gasteiger partial charge is 0.165 e. The summed E-state index contributed by atoms with van der Waals surface area (Å²) in [5.74, 6) is 0.424. The third-order valence-corrected chi connectivity index (χ3v) is 2.25. The van der Waals surface area contributed by atoms with E-state index in [0.29, 0.717) is 12.3 Å². The second-order valence-electron chi connectivity index (χ2n) is 3.34. The summed E-state index contributed by atoms with van der Waals surface area (Å²) in [4.78, 5) is 0. The minimum Gasteiger partial charge on any atom is -0.454 e. The van der Waals surface area contributed by atoms with Crippen LogP contribution < -0.4 is 10.5 Å². The fraction of sp³-hybridized carbons (Fsp3) is 0.0769. The summed E-state index contributed by atoms with van der Waals surface area (Å²) in [7, 11) is 0. The summed E-state index contributed by atoms with van der Waals surface area (Å²) in [6.07, 6.45) is 0. The Balaban J connectivity index is 0.00000144. The summed E-state index contributed by atoms with van der Waals surface area (Å²) in [5, 5.41) is 0. The number of rotatable bonds is 3. The summed E-state index contributed by atoms with van der Waals surface area (Å²) >= 11 is 0. The zero-order chi connectivity index (χ0) is 11.4. The number of nitrogens with two attached hydrogens (primary N) is 1. The molecule has 0 aliphatic heterocycles. The molecule has 0 aliphatic carbocycles. The van der Waals surface area contributed by atoms with Gasteiger partial charge in [0.05, 0.1) is 0 Å². The Morgan fingerprint density at radius 3 is 2.18 bits per heavy atom. The van der Waals surface area contributed by atoms with E-state index in [9.17, 15) is 4.39 Å². The third kappa shape index (κ3) is 3.19. The first-order valence-electron chi connectivity index (χ1n) is 5.01. The van der Waals surface area contributed by atoms with Crippen LogP contribution in [-0.2, 0) is 6.54 Å². The third-order valence-electron chi connectivity index (χ3n) is 2.25. The standard InChI is InChI=1S/C13H12FNO.ClH/c14-11-6-2-4-8-13(11)16-12-7-3-1-5-10(12)9-15;/h1-8H,9,15H2;1H. The lowest BCUT2D eigenvalue weighted by atomic mass is 10.2. The fourth-order valence-electron chi connectivity index (χ4n) is 1.42. The van der Waals surface area contributed by atoms with Gasteiger partial charge in [0.15, 0.2) is 11.6 Å². The molecule has 2 nitrogen and oxygen atoms in total. The van der Waals surface area contributed by atoms with Gasteiger partial charge in [0, 0.05) is 12.1 Å². The topological polar surface area (TPSA) is 35.2 Å². The molecule has 0 amide bonds. The van der Waals surface area contributed by atoms with Crippen molar-refractivity contribution in [1.82, 2.24) is 0 Å². The van der Waals surface area contributed by atoms with Gasteiger partial charge >= 0.3 is 0 Å². The van der Waals surface area contributed by atoms with Crippen molar-refractivity contribution in [1.29, 1.82) is 0 Å². The van der Waals surface area contributed by atoms with Crippen LogP contribution in [0.2, 0.25) is 0 Å². The van der Waals surface area contributed by atoms with E-state index in [4.69, 9.17) is 10.5 Å². The number of halogens is 2. The molecular formula is C13H13ClFNO. The minimum absolute atomic E-state index is 0. The normalized spacial score (nSPS) is 9.53. The van der Waals surface area contributed by atoms with Crippen molar-refractivity contribution in [2.24, 2.45) is 5.73 Å². The molecule has 0 radical (unpaired) electrons. The van der Waals surface area contributed by atoms with Crippen molar-refractivity contribution in [3.8, 4) is 11.5 Å². The van der Waals surface area contributed by atoms with E-state index in [-0.39, 0.29) is 24.0 Å². The van der Waals surface area contributed by atoms with Crippen LogP contribution >= 0.6 is 12.4 Å². The Morgan fingerprint density at radius 2 is 1.53 bits per heavy atom. The second kappa shape index (κ2) is 6.23. The SMILES string of the molecule is Cl.NCc1ccccc1Oc1ccccc1F. The molecule has 0 aliphatic rings. The lowest BCUT2D eigenvalue weighted by Gasteiger charge is -2.09. The van der Waals surface area contributed by atoms with Crippen molar-refractivity contribution in [2.45, 2.75) is 6.54 Å². The van der Waals surface area contributed by atoms with E-state index in [2.05, 4.69) is 0 Å². The Bertz CT molecular complexity index is 490. The van der Waals surface area contributed by atoms with Crippen LogP contribution in [0.4, 0.5) is 4.39 Å². The van der Waals surface area contributed by atoms with Crippen molar-refractivity contribution in [3.05, 3.63) is 59.9 Å². The number of benzene rings is 2. The van der Waals surface area contributed by atoms with Gasteiger partial charge in [0.25, 0.3) is 0 Å². The molecule has 4 heteroatoms. The second-order valence-corrected chi connectivity index (χ2v) is 3.34. The molecule has 2 rings (SSSR count). The molecule has 2 aromatic rings. The molecule has 0 bridgehead atoms. The highest BCUT2D eigenvalue weighted by Gasteiger charge is 2.06. The predicted molar refractivity (Wildman–Crippen MR) is 68.1 cm³/mol. The van der Waals surface area contributed by atoms with Crippen LogP contribution in [0.25, 0.3) is 0 Å². The highest BCUT2D eigenvalue weighted by atomic mass is 35.5. The monoisotopic (exact) mass is 253 g/mol. The molecule has 0 spiro atoms. The predicted octanol–water partition coefficient (Wildman–Crippen LogP) is 3.50. The van der Waals surface area contributed by atoms with Gasteiger partial charge in [-0.05, 0) is 18.2 Å². The van der Waals surface area contributed by atoms with Crippen LogP contribution in [-0.4, -0.2) is 0 Å². The van der Waals surface area contributed by atoms with Gasteiger partial charge in [0.1, 0.15) is 5.75 Å². The zero-order valence-corrected chi connectivity index (χ0v) is 9.91. The van der Waals surface area contributed by atoms with Gasteiger partial charge in [-0.2, -0.15) is 0 Å². The molecule has 0 atom stereocenters. The lowest BCUT2D eigenvalue weighted by Crippen LogP contribution is -1.99. The first-order valence-corrected chi connectivity index (χ1v) is 5.01. The molecule has 0 fully saturated rings. The maximum Gasteiger partial charge on any atom is 0.165 e. The van der Waals surface area contributed by atoms with Crippen molar-refractivity contribution >= 4 is 12.4 Å². The molecular weight excluding hydrogens is 241 g/mol. The van der Waals surface area contributed by atoms with E-state index in [1.807, 2.05) is 18.2 Å². The Hall–Kier alpha value is -1.58. The molecule has 17 heavy (non-hydrogen) atoms. The first kappa shape index (κ1) is 13.5. The molecule has 0 aromatic heterocycles. The quantitative estimate of drug-likeness (QED) is 0.909. The first-order chi connectivity index (χ1) is 7.81. The zero-order valence-electron chi connectivity index (χ0n) is 9.10. The van der Waals surface area contributed by atoms with E-state index >= 15 is 0 Å². The number of hydrogen-bond donors (Lipinski definition) is 1. The lowest BCUT2D eigenvalue weighted by molar-refractivity contribution is 0.438. The van der Waals surface area contributed by atoms with E-state index in [1.165, 1.54) is 6.07 Å². The average molecular weight is 254 g/mol. The molecule has 2 N–H and O–H groups in total. The molecule has 0 unspecified atom stereocenters. The minimum atomic E-state index is -0.380. The van der Waals surface area contributed by atoms with Crippen LogP contribution in [0.1, 0.15) is 5.56 Å². The summed E-state index contributed by atoms with van der Waals surface area (Å²) < 4.78 is 18.8. The average Bonchev–Trinajstić information content (AvgIpc) is 2.33. The summed E-state index contributed by atoms with van der Waals surface area (Å²) in [5.41, 5.74) is 6.42. The van der Waals surface area contributed by atoms with Gasteiger partial charge in [0.2, 0.25) is 0 Å².